The summed E-state index contributed by atoms with van der Waals surface area (Å²) in [6.07, 6.45) is 1.67. The topological polar surface area (TPSA) is 29.3 Å². The van der Waals surface area contributed by atoms with Crippen LogP contribution >= 0.6 is 34.3 Å². The number of aromatic nitrogens is 1. The molecule has 0 aliphatic rings. The quantitative estimate of drug-likeness (QED) is 0.678. The maximum atomic E-state index is 5.94. The lowest BCUT2D eigenvalue weighted by atomic mass is 10.4. The Morgan fingerprint density at radius 1 is 1.30 bits per heavy atom. The molecule has 0 fully saturated rings. The summed E-state index contributed by atoms with van der Waals surface area (Å²) in [5, 5.41) is 3.01. The Bertz CT molecular complexity index is 675. The van der Waals surface area contributed by atoms with Gasteiger partial charge in [-0.05, 0) is 31.3 Å². The Morgan fingerprint density at radius 3 is 2.90 bits per heavy atom. The van der Waals surface area contributed by atoms with E-state index in [1.165, 1.54) is 4.88 Å². The second-order valence-electron chi connectivity index (χ2n) is 4.50. The molecule has 0 bridgehead atoms. The largest absolute Gasteiger partial charge is 0.462 e. The minimum absolute atomic E-state index is 0.812. The number of nitrogens with zero attached hydrogens (tertiary/aromatic N) is 2. The Morgan fingerprint density at radius 2 is 2.20 bits per heavy atom. The van der Waals surface area contributed by atoms with E-state index in [0.29, 0.717) is 0 Å². The number of halogens is 1. The van der Waals surface area contributed by atoms with Crippen molar-refractivity contribution in [1.82, 2.24) is 9.88 Å². The van der Waals surface area contributed by atoms with Crippen molar-refractivity contribution >= 4 is 34.3 Å². The molecule has 6 heteroatoms. The third kappa shape index (κ3) is 3.30. The van der Waals surface area contributed by atoms with Crippen molar-refractivity contribution in [1.29, 1.82) is 0 Å². The molecule has 3 nitrogen and oxygen atoms in total. The molecule has 104 valence electrons. The molecule has 0 saturated carbocycles. The van der Waals surface area contributed by atoms with Crippen molar-refractivity contribution in [2.75, 3.05) is 7.05 Å². The molecule has 3 heterocycles. The number of furan rings is 1. The van der Waals surface area contributed by atoms with Crippen LogP contribution in [0.1, 0.15) is 10.6 Å². The Labute approximate surface area is 130 Å². The maximum absolute atomic E-state index is 5.94. The van der Waals surface area contributed by atoms with Gasteiger partial charge >= 0.3 is 0 Å². The summed E-state index contributed by atoms with van der Waals surface area (Å²) < 4.78 is 6.19. The second-order valence-corrected chi connectivity index (χ2v) is 7.16. The predicted molar refractivity (Wildman–Crippen MR) is 84.3 cm³/mol. The van der Waals surface area contributed by atoms with Gasteiger partial charge in [-0.25, -0.2) is 4.98 Å². The standard InChI is InChI=1S/C14H13ClN2OS2/c1-17(8-11-4-5-13(15)20-11)7-10-9-19-14(16-10)12-3-2-6-18-12/h2-6,9H,7-8H2,1H3. The van der Waals surface area contributed by atoms with E-state index in [0.717, 1.165) is 33.9 Å². The van der Waals surface area contributed by atoms with E-state index in [2.05, 4.69) is 28.4 Å². The molecule has 20 heavy (non-hydrogen) atoms. The molecule has 0 aromatic carbocycles. The lowest BCUT2D eigenvalue weighted by molar-refractivity contribution is 0.318. The first-order valence-corrected chi connectivity index (χ1v) is 8.19. The van der Waals surface area contributed by atoms with Gasteiger partial charge < -0.3 is 4.42 Å². The van der Waals surface area contributed by atoms with Gasteiger partial charge in [0.2, 0.25) is 0 Å². The van der Waals surface area contributed by atoms with Gasteiger partial charge in [0.05, 0.1) is 16.3 Å². The van der Waals surface area contributed by atoms with E-state index in [1.54, 1.807) is 28.9 Å². The van der Waals surface area contributed by atoms with Crippen molar-refractivity contribution < 1.29 is 4.42 Å². The van der Waals surface area contributed by atoms with Gasteiger partial charge in [0, 0.05) is 23.3 Å². The third-order valence-electron chi connectivity index (χ3n) is 2.77. The van der Waals surface area contributed by atoms with Crippen molar-refractivity contribution in [2.24, 2.45) is 0 Å². The summed E-state index contributed by atoms with van der Waals surface area (Å²) in [5.41, 5.74) is 1.06. The summed E-state index contributed by atoms with van der Waals surface area (Å²) in [5.74, 6) is 0.828. The fourth-order valence-corrected chi connectivity index (χ4v) is 3.87. The minimum Gasteiger partial charge on any atom is -0.462 e. The lowest BCUT2D eigenvalue weighted by Crippen LogP contribution is -2.16. The normalized spacial score (nSPS) is 11.3. The third-order valence-corrected chi connectivity index (χ3v) is 4.89. The van der Waals surface area contributed by atoms with E-state index < -0.39 is 0 Å². The summed E-state index contributed by atoms with van der Waals surface area (Å²) in [7, 11) is 2.08. The van der Waals surface area contributed by atoms with Gasteiger partial charge in [0.25, 0.3) is 0 Å². The highest BCUT2D eigenvalue weighted by Crippen LogP contribution is 2.25. The Hall–Kier alpha value is -1.14. The van der Waals surface area contributed by atoms with E-state index in [4.69, 9.17) is 16.0 Å². The Balaban J connectivity index is 1.63. The number of thiazole rings is 1. The summed E-state index contributed by atoms with van der Waals surface area (Å²) in [6, 6.07) is 7.81. The first kappa shape index (κ1) is 13.8. The molecule has 0 radical (unpaired) electrons. The summed E-state index contributed by atoms with van der Waals surface area (Å²) in [6.45, 7) is 1.69. The summed E-state index contributed by atoms with van der Waals surface area (Å²) >= 11 is 9.17. The van der Waals surface area contributed by atoms with Gasteiger partial charge in [-0.3, -0.25) is 4.90 Å². The van der Waals surface area contributed by atoms with Crippen LogP contribution in [0.15, 0.2) is 40.3 Å². The summed E-state index contributed by atoms with van der Waals surface area (Å²) in [4.78, 5) is 8.09. The van der Waals surface area contributed by atoms with Crippen LogP contribution in [0.5, 0.6) is 0 Å². The van der Waals surface area contributed by atoms with Gasteiger partial charge in [-0.1, -0.05) is 11.6 Å². The fourth-order valence-electron chi connectivity index (χ4n) is 1.93. The van der Waals surface area contributed by atoms with Crippen LogP contribution in [-0.2, 0) is 13.1 Å². The predicted octanol–water partition coefficient (Wildman–Crippen LogP) is 4.75. The monoisotopic (exact) mass is 324 g/mol. The zero-order valence-electron chi connectivity index (χ0n) is 10.9. The molecular weight excluding hydrogens is 312 g/mol. The number of hydrogen-bond donors (Lipinski definition) is 0. The molecule has 3 aromatic heterocycles. The van der Waals surface area contributed by atoms with Crippen LogP contribution in [-0.4, -0.2) is 16.9 Å². The van der Waals surface area contributed by atoms with Crippen molar-refractivity contribution in [3.8, 4) is 10.8 Å². The second kappa shape index (κ2) is 6.10. The molecule has 0 atom stereocenters. The van der Waals surface area contributed by atoms with Crippen molar-refractivity contribution in [3.63, 3.8) is 0 Å². The van der Waals surface area contributed by atoms with Crippen LogP contribution in [0, 0.1) is 0 Å². The van der Waals surface area contributed by atoms with Gasteiger partial charge in [0.15, 0.2) is 10.8 Å². The highest BCUT2D eigenvalue weighted by atomic mass is 35.5. The number of hydrogen-bond acceptors (Lipinski definition) is 5. The number of thiophene rings is 1. The van der Waals surface area contributed by atoms with Gasteiger partial charge in [0.1, 0.15) is 0 Å². The molecule has 0 aliphatic heterocycles. The van der Waals surface area contributed by atoms with Crippen LogP contribution in [0.2, 0.25) is 4.34 Å². The lowest BCUT2D eigenvalue weighted by Gasteiger charge is -2.13. The average Bonchev–Trinajstić information content (AvgIpc) is 3.10. The molecule has 3 aromatic rings. The minimum atomic E-state index is 0.812. The maximum Gasteiger partial charge on any atom is 0.162 e. The smallest absolute Gasteiger partial charge is 0.162 e. The van der Waals surface area contributed by atoms with Gasteiger partial charge in [-0.15, -0.1) is 22.7 Å². The van der Waals surface area contributed by atoms with Crippen molar-refractivity contribution in [2.45, 2.75) is 13.1 Å². The van der Waals surface area contributed by atoms with E-state index >= 15 is 0 Å². The first-order chi connectivity index (χ1) is 9.70. The fraction of sp³-hybridized carbons (Fsp3) is 0.214. The molecule has 0 spiro atoms. The first-order valence-electron chi connectivity index (χ1n) is 6.12. The van der Waals surface area contributed by atoms with Crippen LogP contribution < -0.4 is 0 Å². The van der Waals surface area contributed by atoms with Crippen LogP contribution in [0.3, 0.4) is 0 Å². The zero-order valence-corrected chi connectivity index (χ0v) is 13.3. The molecule has 0 aliphatic carbocycles. The van der Waals surface area contributed by atoms with Gasteiger partial charge in [-0.2, -0.15) is 0 Å². The molecule has 0 unspecified atom stereocenters. The molecular formula is C14H13ClN2OS2. The van der Waals surface area contributed by atoms with Crippen molar-refractivity contribution in [3.05, 3.63) is 50.8 Å². The van der Waals surface area contributed by atoms with Crippen LogP contribution in [0.4, 0.5) is 0 Å². The Kier molecular flexibility index (Phi) is 4.21. The number of rotatable bonds is 5. The molecule has 3 rings (SSSR count). The van der Waals surface area contributed by atoms with Crippen LogP contribution in [0.25, 0.3) is 10.8 Å². The van der Waals surface area contributed by atoms with E-state index in [-0.39, 0.29) is 0 Å². The zero-order chi connectivity index (χ0) is 13.9. The van der Waals surface area contributed by atoms with E-state index in [9.17, 15) is 0 Å². The molecule has 0 N–H and O–H groups in total. The molecule has 0 saturated heterocycles. The average molecular weight is 325 g/mol. The highest BCUT2D eigenvalue weighted by Gasteiger charge is 2.10. The SMILES string of the molecule is CN(Cc1csc(-c2ccco2)n1)Cc1ccc(Cl)s1. The van der Waals surface area contributed by atoms with E-state index in [1.807, 2.05) is 18.2 Å². The molecule has 0 amide bonds. The highest BCUT2D eigenvalue weighted by molar-refractivity contribution is 7.16.